The number of hydrogen-bond donors (Lipinski definition) is 2. The molecule has 0 saturated heterocycles. The van der Waals surface area contributed by atoms with Crippen molar-refractivity contribution < 1.29 is 18.3 Å². The van der Waals surface area contributed by atoms with Gasteiger partial charge in [-0.3, -0.25) is 4.79 Å². The van der Waals surface area contributed by atoms with Crippen molar-refractivity contribution in [2.24, 2.45) is 5.92 Å². The molecule has 1 atom stereocenters. The highest BCUT2D eigenvalue weighted by atomic mass is 32.2. The van der Waals surface area contributed by atoms with Crippen LogP contribution in [0.4, 0.5) is 0 Å². The van der Waals surface area contributed by atoms with Crippen molar-refractivity contribution in [3.63, 3.8) is 0 Å². The van der Waals surface area contributed by atoms with Gasteiger partial charge in [0.15, 0.2) is 9.84 Å². The highest BCUT2D eigenvalue weighted by Gasteiger charge is 2.31. The van der Waals surface area contributed by atoms with Crippen LogP contribution in [0.15, 0.2) is 41.4 Å². The molecule has 0 aliphatic heterocycles. The van der Waals surface area contributed by atoms with E-state index in [1.165, 1.54) is 37.7 Å². The van der Waals surface area contributed by atoms with Gasteiger partial charge in [-0.25, -0.2) is 18.4 Å². The maximum absolute atomic E-state index is 13.0. The molecule has 35 heavy (non-hydrogen) atoms. The number of aliphatic carboxylic acids is 1. The maximum Gasteiger partial charge on any atom is 0.311 e. The molecule has 2 saturated carbocycles. The van der Waals surface area contributed by atoms with E-state index >= 15 is 0 Å². The summed E-state index contributed by atoms with van der Waals surface area (Å²) in [5, 5.41) is 9.67. The van der Waals surface area contributed by atoms with Gasteiger partial charge in [0.1, 0.15) is 17.9 Å². The van der Waals surface area contributed by atoms with Gasteiger partial charge in [0.2, 0.25) is 0 Å². The van der Waals surface area contributed by atoms with Crippen molar-refractivity contribution in [3.05, 3.63) is 53.6 Å². The Morgan fingerprint density at radius 2 is 1.71 bits per heavy atom. The van der Waals surface area contributed by atoms with Crippen LogP contribution in [-0.4, -0.2) is 39.7 Å². The number of benzene rings is 1. The zero-order chi connectivity index (χ0) is 24.4. The number of carboxylic acids is 1. The summed E-state index contributed by atoms with van der Waals surface area (Å²) in [6.45, 7) is 0. The lowest BCUT2D eigenvalue weighted by Crippen LogP contribution is -2.20. The van der Waals surface area contributed by atoms with Crippen LogP contribution in [0, 0.1) is 5.92 Å². The van der Waals surface area contributed by atoms with Crippen LogP contribution in [0.5, 0.6) is 0 Å². The zero-order valence-corrected chi connectivity index (χ0v) is 20.8. The third kappa shape index (κ3) is 5.27. The maximum atomic E-state index is 13.0. The van der Waals surface area contributed by atoms with Gasteiger partial charge in [-0.2, -0.15) is 0 Å². The van der Waals surface area contributed by atoms with Crippen LogP contribution < -0.4 is 0 Å². The van der Waals surface area contributed by atoms with E-state index < -0.39 is 15.8 Å². The Morgan fingerprint density at radius 3 is 2.40 bits per heavy atom. The van der Waals surface area contributed by atoms with E-state index in [-0.39, 0.29) is 17.6 Å². The molecule has 1 aromatic carbocycles. The predicted molar refractivity (Wildman–Crippen MR) is 134 cm³/mol. The summed E-state index contributed by atoms with van der Waals surface area (Å²) in [6, 6.07) is 9.72. The number of fused-ring (bicyclic) bond motifs is 1. The van der Waals surface area contributed by atoms with Crippen molar-refractivity contribution in [1.29, 1.82) is 0 Å². The summed E-state index contributed by atoms with van der Waals surface area (Å²) in [5.41, 5.74) is 2.88. The topological polar surface area (TPSA) is 113 Å². The van der Waals surface area contributed by atoms with Crippen molar-refractivity contribution in [2.45, 2.75) is 86.7 Å². The van der Waals surface area contributed by atoms with Crippen LogP contribution in [-0.2, 0) is 27.5 Å². The van der Waals surface area contributed by atoms with Crippen molar-refractivity contribution in [2.75, 3.05) is 0 Å². The SMILES string of the molecule is O=C(O)Cc1ncc2cc(CC(c3ccc(S(=O)(=O)C4CCCC4)cc3)C3CCCCC3)[nH]c2n1. The number of aromatic nitrogens is 3. The third-order valence-electron chi connectivity index (χ3n) is 7.82. The molecule has 0 amide bonds. The molecule has 3 aromatic rings. The molecule has 2 aromatic heterocycles. The first-order chi connectivity index (χ1) is 16.9. The number of aromatic amines is 1. The Hall–Kier alpha value is -2.74. The number of carbonyl (C=O) groups is 1. The number of hydrogen-bond acceptors (Lipinski definition) is 5. The first kappa shape index (κ1) is 24.0. The number of nitrogens with zero attached hydrogens (tertiary/aromatic N) is 2. The fourth-order valence-corrected chi connectivity index (χ4v) is 7.82. The van der Waals surface area contributed by atoms with Gasteiger partial charge in [-0.05, 0) is 67.7 Å². The molecule has 5 rings (SSSR count). The molecule has 1 unspecified atom stereocenters. The van der Waals surface area contributed by atoms with Crippen LogP contribution >= 0.6 is 0 Å². The Labute approximate surface area is 206 Å². The molecule has 0 bridgehead atoms. The highest BCUT2D eigenvalue weighted by Crippen LogP contribution is 2.39. The number of rotatable bonds is 8. The Kier molecular flexibility index (Phi) is 6.91. The molecular formula is C27H33N3O4S. The van der Waals surface area contributed by atoms with Gasteiger partial charge in [-0.1, -0.05) is 44.2 Å². The lowest BCUT2D eigenvalue weighted by Gasteiger charge is -2.30. The van der Waals surface area contributed by atoms with Gasteiger partial charge >= 0.3 is 5.97 Å². The summed E-state index contributed by atoms with van der Waals surface area (Å²) in [7, 11) is -3.26. The number of H-pyrrole nitrogens is 1. The Morgan fingerprint density at radius 1 is 1.03 bits per heavy atom. The van der Waals surface area contributed by atoms with Gasteiger partial charge in [-0.15, -0.1) is 0 Å². The van der Waals surface area contributed by atoms with Crippen molar-refractivity contribution in [3.8, 4) is 0 Å². The molecular weight excluding hydrogens is 462 g/mol. The van der Waals surface area contributed by atoms with Crippen LogP contribution in [0.3, 0.4) is 0 Å². The molecule has 2 heterocycles. The second-order valence-corrected chi connectivity index (χ2v) is 12.4. The minimum absolute atomic E-state index is 0.203. The van der Waals surface area contributed by atoms with Gasteiger partial charge < -0.3 is 10.1 Å². The van der Waals surface area contributed by atoms with Gasteiger partial charge in [0.05, 0.1) is 10.1 Å². The van der Waals surface area contributed by atoms with E-state index in [9.17, 15) is 13.2 Å². The minimum atomic E-state index is -3.26. The third-order valence-corrected chi connectivity index (χ3v) is 10.1. The van der Waals surface area contributed by atoms with E-state index in [0.29, 0.717) is 22.3 Å². The molecule has 7 nitrogen and oxygen atoms in total. The van der Waals surface area contributed by atoms with Crippen LogP contribution in [0.2, 0.25) is 0 Å². The molecule has 2 N–H and O–H groups in total. The smallest absolute Gasteiger partial charge is 0.311 e. The van der Waals surface area contributed by atoms with E-state index in [0.717, 1.165) is 43.2 Å². The second-order valence-electron chi connectivity index (χ2n) is 10.2. The van der Waals surface area contributed by atoms with E-state index in [1.54, 1.807) is 6.20 Å². The Bertz CT molecular complexity index is 1290. The van der Waals surface area contributed by atoms with Crippen LogP contribution in [0.1, 0.15) is 80.8 Å². The monoisotopic (exact) mass is 495 g/mol. The van der Waals surface area contributed by atoms with Crippen LogP contribution in [0.25, 0.3) is 11.0 Å². The molecule has 2 aliphatic carbocycles. The molecule has 0 spiro atoms. The Balaban J connectivity index is 1.41. The molecule has 8 heteroatoms. The lowest BCUT2D eigenvalue weighted by atomic mass is 9.75. The average molecular weight is 496 g/mol. The summed E-state index contributed by atoms with van der Waals surface area (Å²) < 4.78 is 26.1. The van der Waals surface area contributed by atoms with Crippen molar-refractivity contribution in [1.82, 2.24) is 15.0 Å². The van der Waals surface area contributed by atoms with Gasteiger partial charge in [0.25, 0.3) is 0 Å². The molecule has 186 valence electrons. The lowest BCUT2D eigenvalue weighted by molar-refractivity contribution is -0.136. The minimum Gasteiger partial charge on any atom is -0.481 e. The highest BCUT2D eigenvalue weighted by molar-refractivity contribution is 7.92. The first-order valence-electron chi connectivity index (χ1n) is 12.8. The molecule has 0 radical (unpaired) electrons. The average Bonchev–Trinajstić information content (AvgIpc) is 3.53. The number of nitrogens with one attached hydrogen (secondary N) is 1. The number of sulfone groups is 1. The summed E-state index contributed by atoms with van der Waals surface area (Å²) >= 11 is 0. The predicted octanol–water partition coefficient (Wildman–Crippen LogP) is 5.21. The first-order valence-corrected chi connectivity index (χ1v) is 14.3. The quantitative estimate of drug-likeness (QED) is 0.444. The fraction of sp³-hybridized carbons (Fsp3) is 0.519. The zero-order valence-electron chi connectivity index (χ0n) is 19.9. The van der Waals surface area contributed by atoms with Crippen molar-refractivity contribution >= 4 is 26.8 Å². The second kappa shape index (κ2) is 10.1. The summed E-state index contributed by atoms with van der Waals surface area (Å²) in [4.78, 5) is 23.4. The normalized spacial score (nSPS) is 18.7. The summed E-state index contributed by atoms with van der Waals surface area (Å²) in [6.07, 6.45) is 11.9. The summed E-state index contributed by atoms with van der Waals surface area (Å²) in [5.74, 6) is 0.160. The number of carboxylic acid groups (broad SMARTS) is 1. The van der Waals surface area contributed by atoms with Gasteiger partial charge in [0, 0.05) is 17.3 Å². The standard InChI is InChI=1S/C27H33N3O4S/c31-26(32)16-25-28-17-20-14-21(29-27(20)30-25)15-24(18-6-2-1-3-7-18)19-10-12-23(13-11-19)35(33,34)22-8-4-5-9-22/h10-14,17-18,22,24H,1-9,15-16H2,(H,31,32)(H,28,29,30). The van der Waals surface area contributed by atoms with E-state index in [4.69, 9.17) is 5.11 Å². The van der Waals surface area contributed by atoms with E-state index in [2.05, 4.69) is 21.0 Å². The largest absolute Gasteiger partial charge is 0.481 e. The van der Waals surface area contributed by atoms with E-state index in [1.807, 2.05) is 24.3 Å². The fourth-order valence-electron chi connectivity index (χ4n) is 5.97. The molecule has 2 fully saturated rings. The molecule has 2 aliphatic rings.